The largest absolute Gasteiger partial charge is 0.287 e. The van der Waals surface area contributed by atoms with Crippen LogP contribution < -0.4 is 4.90 Å². The average Bonchev–Trinajstić information content (AvgIpc) is 2.23. The van der Waals surface area contributed by atoms with Crippen LogP contribution in [0.4, 0.5) is 14.5 Å². The van der Waals surface area contributed by atoms with Crippen molar-refractivity contribution >= 4 is 34.4 Å². The average molecular weight is 287 g/mol. The number of hydrogen-bond acceptors (Lipinski definition) is 4. The molecule has 7 heteroatoms. The fourth-order valence-electron chi connectivity index (χ4n) is 1.48. The second-order valence-electron chi connectivity index (χ2n) is 3.70. The van der Waals surface area contributed by atoms with Crippen molar-refractivity contribution in [3.05, 3.63) is 23.8 Å². The number of hydrogen-bond donors (Lipinski definition) is 0. The van der Waals surface area contributed by atoms with Crippen LogP contribution in [0.1, 0.15) is 20.8 Å². The fraction of sp³-hybridized carbons (Fsp3) is 0.250. The summed E-state index contributed by atoms with van der Waals surface area (Å²) < 4.78 is 27.1. The molecule has 19 heavy (non-hydrogen) atoms. The molecular formula is C12H11F2NO3S. The SMILES string of the molecule is CC(=O)Sc1cc(N(C(C)=O)C(C)=O)c(F)cc1F. The van der Waals surface area contributed by atoms with Crippen LogP contribution >= 0.6 is 11.8 Å². The Bertz CT molecular complexity index is 546. The van der Waals surface area contributed by atoms with Gasteiger partial charge in [0.15, 0.2) is 5.12 Å². The zero-order valence-corrected chi connectivity index (χ0v) is 11.3. The number of benzene rings is 1. The Morgan fingerprint density at radius 2 is 1.53 bits per heavy atom. The van der Waals surface area contributed by atoms with E-state index in [-0.39, 0.29) is 10.6 Å². The topological polar surface area (TPSA) is 54.5 Å². The molecule has 0 aliphatic carbocycles. The zero-order chi connectivity index (χ0) is 14.7. The van der Waals surface area contributed by atoms with Crippen LogP contribution in [0.3, 0.4) is 0 Å². The van der Waals surface area contributed by atoms with Crippen molar-refractivity contribution in [2.24, 2.45) is 0 Å². The van der Waals surface area contributed by atoms with E-state index in [1.807, 2.05) is 0 Å². The highest BCUT2D eigenvalue weighted by atomic mass is 32.2. The monoisotopic (exact) mass is 287 g/mol. The standard InChI is InChI=1S/C12H11F2NO3S/c1-6(16)15(7(2)17)11-5-12(19-8(3)18)10(14)4-9(11)13/h4-5H,1-3H3. The number of rotatable bonds is 2. The summed E-state index contributed by atoms with van der Waals surface area (Å²) in [6.07, 6.45) is 0. The molecule has 0 spiro atoms. The predicted octanol–water partition coefficient (Wildman–Crippen LogP) is 2.50. The molecule has 0 heterocycles. The third-order valence-electron chi connectivity index (χ3n) is 2.13. The van der Waals surface area contributed by atoms with Crippen molar-refractivity contribution in [3.8, 4) is 0 Å². The summed E-state index contributed by atoms with van der Waals surface area (Å²) >= 11 is 0.559. The lowest BCUT2D eigenvalue weighted by atomic mass is 10.2. The highest BCUT2D eigenvalue weighted by Gasteiger charge is 2.22. The summed E-state index contributed by atoms with van der Waals surface area (Å²) in [6, 6.07) is 1.51. The minimum Gasteiger partial charge on any atom is -0.287 e. The number of anilines is 1. The third-order valence-corrected chi connectivity index (χ3v) is 2.95. The molecule has 0 unspecified atom stereocenters. The van der Waals surface area contributed by atoms with Crippen LogP contribution in [0.15, 0.2) is 17.0 Å². The van der Waals surface area contributed by atoms with Gasteiger partial charge in [0, 0.05) is 26.8 Å². The van der Waals surface area contributed by atoms with Gasteiger partial charge in [-0.05, 0) is 17.8 Å². The van der Waals surface area contributed by atoms with Crippen molar-refractivity contribution in [3.63, 3.8) is 0 Å². The Morgan fingerprint density at radius 3 is 1.95 bits per heavy atom. The van der Waals surface area contributed by atoms with Gasteiger partial charge in [0.1, 0.15) is 11.6 Å². The van der Waals surface area contributed by atoms with E-state index >= 15 is 0 Å². The highest BCUT2D eigenvalue weighted by Crippen LogP contribution is 2.30. The molecule has 0 aromatic heterocycles. The van der Waals surface area contributed by atoms with E-state index in [1.54, 1.807) is 0 Å². The molecule has 1 rings (SSSR count). The number of nitrogens with zero attached hydrogens (tertiary/aromatic N) is 1. The van der Waals surface area contributed by atoms with Crippen LogP contribution in [0.2, 0.25) is 0 Å². The first-order valence-corrected chi connectivity index (χ1v) is 6.04. The van der Waals surface area contributed by atoms with Crippen molar-refractivity contribution in [2.75, 3.05) is 4.90 Å². The first kappa shape index (κ1) is 15.3. The zero-order valence-electron chi connectivity index (χ0n) is 10.5. The lowest BCUT2D eigenvalue weighted by Gasteiger charge is -2.18. The molecule has 0 fully saturated rings. The summed E-state index contributed by atoms with van der Waals surface area (Å²) in [7, 11) is 0. The Kier molecular flexibility index (Phi) is 4.77. The molecular weight excluding hydrogens is 276 g/mol. The minimum absolute atomic E-state index is 0.142. The summed E-state index contributed by atoms with van der Waals surface area (Å²) in [4.78, 5) is 34.0. The van der Waals surface area contributed by atoms with Crippen LogP contribution in [-0.4, -0.2) is 16.9 Å². The van der Waals surface area contributed by atoms with E-state index < -0.39 is 28.6 Å². The minimum atomic E-state index is -1.05. The maximum Gasteiger partial charge on any atom is 0.230 e. The molecule has 0 aliphatic heterocycles. The molecule has 0 saturated heterocycles. The van der Waals surface area contributed by atoms with Gasteiger partial charge in [0.05, 0.1) is 10.6 Å². The number of amides is 2. The molecule has 0 N–H and O–H groups in total. The van der Waals surface area contributed by atoms with Crippen molar-refractivity contribution < 1.29 is 23.2 Å². The van der Waals surface area contributed by atoms with Gasteiger partial charge >= 0.3 is 0 Å². The maximum atomic E-state index is 13.7. The highest BCUT2D eigenvalue weighted by molar-refractivity contribution is 8.13. The van der Waals surface area contributed by atoms with Gasteiger partial charge in [-0.25, -0.2) is 13.7 Å². The lowest BCUT2D eigenvalue weighted by molar-refractivity contribution is -0.124. The molecule has 2 amide bonds. The summed E-state index contributed by atoms with van der Waals surface area (Å²) in [5.41, 5.74) is -0.370. The smallest absolute Gasteiger partial charge is 0.230 e. The number of imide groups is 1. The van der Waals surface area contributed by atoms with Crippen LogP contribution in [-0.2, 0) is 14.4 Å². The molecule has 1 aromatic rings. The van der Waals surface area contributed by atoms with Crippen LogP contribution in [0, 0.1) is 11.6 Å². The van der Waals surface area contributed by atoms with Crippen LogP contribution in [0.5, 0.6) is 0 Å². The molecule has 0 radical (unpaired) electrons. The van der Waals surface area contributed by atoms with E-state index in [9.17, 15) is 23.2 Å². The third kappa shape index (κ3) is 3.60. The molecule has 4 nitrogen and oxygen atoms in total. The molecule has 0 saturated carbocycles. The fourth-order valence-corrected chi connectivity index (χ4v) is 2.12. The number of halogens is 2. The van der Waals surface area contributed by atoms with E-state index in [0.29, 0.717) is 22.7 Å². The number of thioether (sulfide) groups is 1. The van der Waals surface area contributed by atoms with E-state index in [1.165, 1.54) is 6.92 Å². The summed E-state index contributed by atoms with van der Waals surface area (Å²) in [5.74, 6) is -3.36. The van der Waals surface area contributed by atoms with Gasteiger partial charge < -0.3 is 0 Å². The van der Waals surface area contributed by atoms with Gasteiger partial charge in [-0.2, -0.15) is 0 Å². The lowest BCUT2D eigenvalue weighted by Crippen LogP contribution is -2.33. The van der Waals surface area contributed by atoms with Gasteiger partial charge in [0.2, 0.25) is 11.8 Å². The Morgan fingerprint density at radius 1 is 1.00 bits per heavy atom. The first-order valence-electron chi connectivity index (χ1n) is 5.22. The predicted molar refractivity (Wildman–Crippen MR) is 66.7 cm³/mol. The summed E-state index contributed by atoms with van der Waals surface area (Å²) in [5, 5.41) is -0.395. The quantitative estimate of drug-likeness (QED) is 0.784. The molecule has 0 bridgehead atoms. The normalized spacial score (nSPS) is 10.2. The van der Waals surface area contributed by atoms with Gasteiger partial charge in [-0.1, -0.05) is 0 Å². The first-order chi connectivity index (χ1) is 8.73. The van der Waals surface area contributed by atoms with E-state index in [2.05, 4.69) is 0 Å². The van der Waals surface area contributed by atoms with Gasteiger partial charge in [-0.15, -0.1) is 0 Å². The second kappa shape index (κ2) is 5.92. The Hall–Kier alpha value is -1.76. The van der Waals surface area contributed by atoms with Crippen molar-refractivity contribution in [1.29, 1.82) is 0 Å². The molecule has 1 aromatic carbocycles. The van der Waals surface area contributed by atoms with Crippen molar-refractivity contribution in [2.45, 2.75) is 25.7 Å². The van der Waals surface area contributed by atoms with E-state index in [0.717, 1.165) is 19.9 Å². The second-order valence-corrected chi connectivity index (χ2v) is 4.92. The molecule has 0 atom stereocenters. The molecule has 102 valence electrons. The van der Waals surface area contributed by atoms with Gasteiger partial charge in [0.25, 0.3) is 0 Å². The maximum absolute atomic E-state index is 13.7. The van der Waals surface area contributed by atoms with E-state index in [4.69, 9.17) is 0 Å². The Balaban J connectivity index is 3.38. The summed E-state index contributed by atoms with van der Waals surface area (Å²) in [6.45, 7) is 3.39. The van der Waals surface area contributed by atoms with Gasteiger partial charge in [-0.3, -0.25) is 14.4 Å². The van der Waals surface area contributed by atoms with Crippen LogP contribution in [0.25, 0.3) is 0 Å². The number of carbonyl (C=O) groups is 3. The van der Waals surface area contributed by atoms with Crippen molar-refractivity contribution in [1.82, 2.24) is 0 Å². The molecule has 0 aliphatic rings. The number of carbonyl (C=O) groups excluding carboxylic acids is 3. The Labute approximate surface area is 112 Å².